The summed E-state index contributed by atoms with van der Waals surface area (Å²) in [4.78, 5) is 0.847. The molecule has 98 valence electrons. The van der Waals surface area contributed by atoms with Crippen molar-refractivity contribution in [2.75, 3.05) is 0 Å². The molecule has 0 amide bonds. The fourth-order valence-electron chi connectivity index (χ4n) is 3.25. The lowest BCUT2D eigenvalue weighted by Gasteiger charge is -2.22. The van der Waals surface area contributed by atoms with E-state index in [9.17, 15) is 8.42 Å². The van der Waals surface area contributed by atoms with Crippen LogP contribution in [0.4, 0.5) is 0 Å². The predicted molar refractivity (Wildman–Crippen MR) is 74.1 cm³/mol. The van der Waals surface area contributed by atoms with Gasteiger partial charge in [-0.1, -0.05) is 34.1 Å². The molecule has 2 fully saturated rings. The molecular formula is C13H16BrNO2S. The second kappa shape index (κ2) is 4.62. The Bertz CT molecular complexity index is 531. The van der Waals surface area contributed by atoms with E-state index >= 15 is 0 Å². The lowest BCUT2D eigenvalue weighted by molar-refractivity contribution is 0.390. The van der Waals surface area contributed by atoms with Gasteiger partial charge in [0.15, 0.2) is 0 Å². The summed E-state index contributed by atoms with van der Waals surface area (Å²) in [6.07, 6.45) is 3.32. The maximum atomic E-state index is 12.2. The summed E-state index contributed by atoms with van der Waals surface area (Å²) in [7, 11) is -3.36. The van der Waals surface area contributed by atoms with Gasteiger partial charge in [0, 0.05) is 10.9 Å². The topological polar surface area (TPSA) is 46.2 Å². The molecule has 18 heavy (non-hydrogen) atoms. The van der Waals surface area contributed by atoms with Crippen LogP contribution in [-0.2, 0) is 10.0 Å². The number of hydrogen-bond acceptors (Lipinski definition) is 2. The normalized spacial score (nSPS) is 34.9. The van der Waals surface area contributed by atoms with Crippen LogP contribution >= 0.6 is 15.9 Å². The van der Waals surface area contributed by atoms with Crippen molar-refractivity contribution in [1.29, 1.82) is 0 Å². The lowest BCUT2D eigenvalue weighted by atomic mass is 9.96. The summed E-state index contributed by atoms with van der Waals surface area (Å²) < 4.78 is 27.4. The summed E-state index contributed by atoms with van der Waals surface area (Å²) in [5.41, 5.74) is 0. The molecule has 0 aromatic heterocycles. The predicted octanol–water partition coefficient (Wildman–Crippen LogP) is 2.53. The van der Waals surface area contributed by atoms with Crippen LogP contribution in [0.2, 0.25) is 0 Å². The molecule has 5 heteroatoms. The van der Waals surface area contributed by atoms with Crippen LogP contribution in [-0.4, -0.2) is 19.3 Å². The molecule has 3 nitrogen and oxygen atoms in total. The van der Waals surface area contributed by atoms with Gasteiger partial charge in [-0.25, -0.2) is 13.1 Å². The maximum Gasteiger partial charge on any atom is 0.240 e. The minimum atomic E-state index is -3.36. The van der Waals surface area contributed by atoms with Crippen LogP contribution in [0, 0.1) is 11.8 Å². The SMILES string of the molecule is O=S(=O)(NC1CC2CCC1C2Br)c1ccccc1. The van der Waals surface area contributed by atoms with Crippen molar-refractivity contribution < 1.29 is 8.42 Å². The number of fused-ring (bicyclic) bond motifs is 2. The van der Waals surface area contributed by atoms with Gasteiger partial charge >= 0.3 is 0 Å². The van der Waals surface area contributed by atoms with Crippen LogP contribution in [0.15, 0.2) is 35.2 Å². The van der Waals surface area contributed by atoms with Crippen molar-refractivity contribution in [2.24, 2.45) is 11.8 Å². The van der Waals surface area contributed by atoms with Gasteiger partial charge in [0.2, 0.25) is 10.0 Å². The first-order valence-electron chi connectivity index (χ1n) is 6.29. The van der Waals surface area contributed by atoms with E-state index in [0.717, 1.165) is 12.8 Å². The molecule has 2 bridgehead atoms. The quantitative estimate of drug-likeness (QED) is 0.866. The van der Waals surface area contributed by atoms with E-state index < -0.39 is 10.0 Å². The molecule has 4 atom stereocenters. The monoisotopic (exact) mass is 329 g/mol. The molecule has 2 saturated carbocycles. The summed E-state index contributed by atoms with van der Waals surface area (Å²) in [6.45, 7) is 0. The Labute approximate surface area is 116 Å². The Morgan fingerprint density at radius 2 is 1.89 bits per heavy atom. The third-order valence-electron chi connectivity index (χ3n) is 4.16. The first-order valence-corrected chi connectivity index (χ1v) is 8.69. The zero-order valence-electron chi connectivity index (χ0n) is 9.92. The minimum Gasteiger partial charge on any atom is -0.208 e. The largest absolute Gasteiger partial charge is 0.240 e. The van der Waals surface area contributed by atoms with Gasteiger partial charge in [0.25, 0.3) is 0 Å². The summed E-state index contributed by atoms with van der Waals surface area (Å²) >= 11 is 3.70. The van der Waals surface area contributed by atoms with Crippen LogP contribution in [0.25, 0.3) is 0 Å². The van der Waals surface area contributed by atoms with Gasteiger partial charge in [0.05, 0.1) is 4.90 Å². The Kier molecular flexibility index (Phi) is 3.24. The molecule has 0 saturated heterocycles. The van der Waals surface area contributed by atoms with Crippen LogP contribution in [0.5, 0.6) is 0 Å². The molecule has 3 rings (SSSR count). The molecule has 1 aromatic carbocycles. The van der Waals surface area contributed by atoms with Crippen LogP contribution in [0.3, 0.4) is 0 Å². The Balaban J connectivity index is 1.78. The van der Waals surface area contributed by atoms with Crippen LogP contribution < -0.4 is 4.72 Å². The average molecular weight is 330 g/mol. The third kappa shape index (κ3) is 2.12. The molecule has 0 radical (unpaired) electrons. The molecule has 0 aliphatic heterocycles. The zero-order valence-corrected chi connectivity index (χ0v) is 12.3. The Morgan fingerprint density at radius 1 is 1.17 bits per heavy atom. The highest BCUT2D eigenvalue weighted by atomic mass is 79.9. The number of sulfonamides is 1. The van der Waals surface area contributed by atoms with Gasteiger partial charge in [-0.3, -0.25) is 0 Å². The minimum absolute atomic E-state index is 0.0957. The molecule has 1 aromatic rings. The van der Waals surface area contributed by atoms with Crippen LogP contribution in [0.1, 0.15) is 19.3 Å². The summed E-state index contributed by atoms with van der Waals surface area (Å²) in [5, 5.41) is 0. The highest BCUT2D eigenvalue weighted by molar-refractivity contribution is 9.09. The molecular weight excluding hydrogens is 314 g/mol. The zero-order chi connectivity index (χ0) is 12.8. The number of alkyl halides is 1. The number of rotatable bonds is 3. The van der Waals surface area contributed by atoms with Gasteiger partial charge in [-0.15, -0.1) is 0 Å². The Morgan fingerprint density at radius 3 is 2.44 bits per heavy atom. The van der Waals surface area contributed by atoms with E-state index in [1.807, 2.05) is 6.07 Å². The second-order valence-electron chi connectivity index (χ2n) is 5.22. The Hall–Kier alpha value is -0.390. The fourth-order valence-corrected chi connectivity index (χ4v) is 5.68. The number of benzene rings is 1. The van der Waals surface area contributed by atoms with E-state index in [4.69, 9.17) is 0 Å². The van der Waals surface area contributed by atoms with Gasteiger partial charge in [-0.2, -0.15) is 0 Å². The van der Waals surface area contributed by atoms with Crippen molar-refractivity contribution in [3.05, 3.63) is 30.3 Å². The lowest BCUT2D eigenvalue weighted by Crippen LogP contribution is -2.39. The molecule has 2 aliphatic rings. The van der Waals surface area contributed by atoms with E-state index in [1.54, 1.807) is 24.3 Å². The van der Waals surface area contributed by atoms with E-state index in [0.29, 0.717) is 21.6 Å². The first-order chi connectivity index (χ1) is 8.58. The molecule has 0 spiro atoms. The van der Waals surface area contributed by atoms with Crippen molar-refractivity contribution in [3.63, 3.8) is 0 Å². The number of nitrogens with one attached hydrogen (secondary N) is 1. The van der Waals surface area contributed by atoms with Crippen molar-refractivity contribution in [3.8, 4) is 0 Å². The standard InChI is InChI=1S/C13H16BrNO2S/c14-13-9-6-7-11(13)12(8-9)15-18(16,17)10-4-2-1-3-5-10/h1-5,9,11-13,15H,6-8H2. The van der Waals surface area contributed by atoms with Gasteiger partial charge in [0.1, 0.15) is 0 Å². The van der Waals surface area contributed by atoms with E-state index in [1.165, 1.54) is 6.42 Å². The van der Waals surface area contributed by atoms with Gasteiger partial charge < -0.3 is 0 Å². The summed E-state index contributed by atoms with van der Waals surface area (Å²) in [6, 6.07) is 8.71. The number of halogens is 1. The fraction of sp³-hybridized carbons (Fsp3) is 0.538. The third-order valence-corrected chi connectivity index (χ3v) is 7.10. The first kappa shape index (κ1) is 12.6. The average Bonchev–Trinajstić information content (AvgIpc) is 2.85. The highest BCUT2D eigenvalue weighted by Gasteiger charge is 2.47. The highest BCUT2D eigenvalue weighted by Crippen LogP contribution is 2.48. The van der Waals surface area contributed by atoms with Crippen molar-refractivity contribution in [1.82, 2.24) is 4.72 Å². The van der Waals surface area contributed by atoms with Gasteiger partial charge in [-0.05, 0) is 43.2 Å². The summed E-state index contributed by atoms with van der Waals surface area (Å²) in [5.74, 6) is 1.09. The smallest absolute Gasteiger partial charge is 0.208 e. The molecule has 2 aliphatic carbocycles. The van der Waals surface area contributed by atoms with Crippen molar-refractivity contribution >= 4 is 26.0 Å². The molecule has 1 N–H and O–H groups in total. The molecule has 4 unspecified atom stereocenters. The molecule has 0 heterocycles. The second-order valence-corrected chi connectivity index (χ2v) is 7.99. The van der Waals surface area contributed by atoms with E-state index in [-0.39, 0.29) is 6.04 Å². The number of hydrogen-bond donors (Lipinski definition) is 1. The van der Waals surface area contributed by atoms with Crippen molar-refractivity contribution in [2.45, 2.75) is 35.0 Å². The van der Waals surface area contributed by atoms with E-state index in [2.05, 4.69) is 20.7 Å². The maximum absolute atomic E-state index is 12.2.